The molecule has 1 heterocycles. The van der Waals surface area contributed by atoms with Gasteiger partial charge in [-0.25, -0.2) is 4.79 Å². The lowest BCUT2D eigenvalue weighted by molar-refractivity contribution is -0.145. The highest BCUT2D eigenvalue weighted by Crippen LogP contribution is 2.34. The van der Waals surface area contributed by atoms with Crippen molar-refractivity contribution in [3.8, 4) is 0 Å². The summed E-state index contributed by atoms with van der Waals surface area (Å²) in [4.78, 5) is 30.1. The van der Waals surface area contributed by atoms with Crippen molar-refractivity contribution in [2.24, 2.45) is 10.9 Å². The molecule has 1 aliphatic rings. The van der Waals surface area contributed by atoms with Crippen LogP contribution >= 0.6 is 0 Å². The first-order valence-corrected chi connectivity index (χ1v) is 9.42. The van der Waals surface area contributed by atoms with Crippen LogP contribution in [0.4, 0.5) is 0 Å². The summed E-state index contributed by atoms with van der Waals surface area (Å²) < 4.78 is 10.5. The van der Waals surface area contributed by atoms with E-state index in [1.54, 1.807) is 13.8 Å². The lowest BCUT2D eigenvalue weighted by Crippen LogP contribution is -2.32. The predicted molar refractivity (Wildman–Crippen MR) is 108 cm³/mol. The van der Waals surface area contributed by atoms with E-state index in [4.69, 9.17) is 14.5 Å². The maximum Gasteiger partial charge on any atom is 0.336 e. The van der Waals surface area contributed by atoms with E-state index in [9.17, 15) is 9.59 Å². The van der Waals surface area contributed by atoms with Gasteiger partial charge in [0.05, 0.1) is 30.2 Å². The number of hydrogen-bond donors (Lipinski definition) is 0. The highest BCUT2D eigenvalue weighted by Gasteiger charge is 2.35. The molecule has 0 fully saturated rings. The van der Waals surface area contributed by atoms with Gasteiger partial charge in [-0.3, -0.25) is 9.79 Å². The normalized spacial score (nSPS) is 16.4. The van der Waals surface area contributed by atoms with Crippen LogP contribution in [0.2, 0.25) is 0 Å². The van der Waals surface area contributed by atoms with E-state index in [0.29, 0.717) is 17.0 Å². The average Bonchev–Trinajstić information content (AvgIpc) is 2.74. The first-order valence-electron chi connectivity index (χ1n) is 9.42. The molecule has 5 nitrogen and oxygen atoms in total. The van der Waals surface area contributed by atoms with Crippen LogP contribution in [0.15, 0.2) is 71.2 Å². The second-order valence-electron chi connectivity index (χ2n) is 6.29. The number of rotatable bonds is 6. The molecule has 0 amide bonds. The van der Waals surface area contributed by atoms with Gasteiger partial charge in [0, 0.05) is 12.0 Å². The van der Waals surface area contributed by atoms with Crippen LogP contribution in [0.1, 0.15) is 31.4 Å². The van der Waals surface area contributed by atoms with Crippen LogP contribution in [0.3, 0.4) is 0 Å². The molecular weight excluding hydrogens is 354 g/mol. The smallest absolute Gasteiger partial charge is 0.336 e. The van der Waals surface area contributed by atoms with Crippen molar-refractivity contribution >= 4 is 23.3 Å². The summed E-state index contributed by atoms with van der Waals surface area (Å²) in [5.74, 6) is -1.50. The molecule has 3 rings (SSSR count). The molecule has 28 heavy (non-hydrogen) atoms. The van der Waals surface area contributed by atoms with Gasteiger partial charge in [0.15, 0.2) is 0 Å². The number of nitrogens with zero attached hydrogens (tertiary/aromatic N) is 1. The zero-order chi connectivity index (χ0) is 19.9. The molecule has 0 bridgehead atoms. The molecule has 2 aromatic rings. The molecule has 0 saturated heterocycles. The molecule has 2 aromatic carbocycles. The SMILES string of the molecule is CCOC(=O)C1=C(c2ccccc2)N=C(c2ccccc2)C(C(=O)OCC)C1. The highest BCUT2D eigenvalue weighted by molar-refractivity contribution is 6.17. The maximum absolute atomic E-state index is 12.7. The lowest BCUT2D eigenvalue weighted by Gasteiger charge is -2.25. The van der Waals surface area contributed by atoms with E-state index in [0.717, 1.165) is 11.1 Å². The van der Waals surface area contributed by atoms with E-state index in [2.05, 4.69) is 0 Å². The van der Waals surface area contributed by atoms with Crippen molar-refractivity contribution in [3.05, 3.63) is 77.4 Å². The number of aliphatic imine (C=N–C) groups is 1. The Morgan fingerprint density at radius 3 is 2.04 bits per heavy atom. The Morgan fingerprint density at radius 2 is 1.46 bits per heavy atom. The molecule has 0 spiro atoms. The Labute approximate surface area is 164 Å². The second-order valence-corrected chi connectivity index (χ2v) is 6.29. The number of ether oxygens (including phenoxy) is 2. The first kappa shape index (κ1) is 19.5. The summed E-state index contributed by atoms with van der Waals surface area (Å²) in [7, 11) is 0. The third kappa shape index (κ3) is 4.19. The van der Waals surface area contributed by atoms with Crippen LogP contribution in [0.5, 0.6) is 0 Å². The lowest BCUT2D eigenvalue weighted by atomic mass is 9.85. The minimum atomic E-state index is -0.658. The average molecular weight is 377 g/mol. The molecule has 0 saturated carbocycles. The highest BCUT2D eigenvalue weighted by atomic mass is 16.5. The number of esters is 2. The van der Waals surface area contributed by atoms with Crippen LogP contribution in [0.25, 0.3) is 5.70 Å². The molecule has 1 aliphatic heterocycles. The summed E-state index contributed by atoms with van der Waals surface area (Å²) in [6, 6.07) is 19.0. The van der Waals surface area contributed by atoms with Gasteiger partial charge in [0.25, 0.3) is 0 Å². The standard InChI is InChI=1S/C23H23NO4/c1-3-27-22(25)18-15-19(23(26)28-4-2)21(17-13-9-6-10-14-17)24-20(18)16-11-7-5-8-12-16/h5-14,18H,3-4,15H2,1-2H3. The zero-order valence-corrected chi connectivity index (χ0v) is 16.1. The molecular formula is C23H23NO4. The van der Waals surface area contributed by atoms with E-state index >= 15 is 0 Å². The number of hydrogen-bond acceptors (Lipinski definition) is 5. The minimum absolute atomic E-state index is 0.190. The fourth-order valence-corrected chi connectivity index (χ4v) is 3.21. The van der Waals surface area contributed by atoms with E-state index in [1.165, 1.54) is 0 Å². The predicted octanol–water partition coefficient (Wildman–Crippen LogP) is 4.03. The third-order valence-electron chi connectivity index (χ3n) is 4.47. The quantitative estimate of drug-likeness (QED) is 0.713. The van der Waals surface area contributed by atoms with Crippen LogP contribution in [-0.4, -0.2) is 30.9 Å². The van der Waals surface area contributed by atoms with Gasteiger partial charge in [0.1, 0.15) is 5.92 Å². The Bertz CT molecular complexity index is 901. The van der Waals surface area contributed by atoms with Crippen molar-refractivity contribution in [3.63, 3.8) is 0 Å². The summed E-state index contributed by atoms with van der Waals surface area (Å²) in [6.07, 6.45) is 0.190. The Balaban J connectivity index is 2.17. The minimum Gasteiger partial charge on any atom is -0.465 e. The topological polar surface area (TPSA) is 65.0 Å². The van der Waals surface area contributed by atoms with Gasteiger partial charge in [-0.2, -0.15) is 0 Å². The summed E-state index contributed by atoms with van der Waals surface area (Å²) in [6.45, 7) is 4.04. The monoisotopic (exact) mass is 377 g/mol. The molecule has 144 valence electrons. The van der Waals surface area contributed by atoms with E-state index in [1.807, 2.05) is 60.7 Å². The third-order valence-corrected chi connectivity index (χ3v) is 4.47. The molecule has 1 atom stereocenters. The zero-order valence-electron chi connectivity index (χ0n) is 16.1. The molecule has 0 N–H and O–H groups in total. The fraction of sp³-hybridized carbons (Fsp3) is 0.261. The number of benzene rings is 2. The molecule has 0 radical (unpaired) electrons. The Hall–Kier alpha value is -3.21. The van der Waals surface area contributed by atoms with Crippen LogP contribution in [-0.2, 0) is 19.1 Å². The van der Waals surface area contributed by atoms with Crippen LogP contribution < -0.4 is 0 Å². The Morgan fingerprint density at radius 1 is 0.893 bits per heavy atom. The summed E-state index contributed by atoms with van der Waals surface area (Å²) >= 11 is 0. The van der Waals surface area contributed by atoms with E-state index in [-0.39, 0.29) is 25.6 Å². The molecule has 0 aromatic heterocycles. The van der Waals surface area contributed by atoms with Gasteiger partial charge >= 0.3 is 11.9 Å². The number of carbonyl (C=O) groups is 2. The first-order chi connectivity index (χ1) is 13.7. The number of carbonyl (C=O) groups excluding carboxylic acids is 2. The van der Waals surface area contributed by atoms with Crippen molar-refractivity contribution in [1.82, 2.24) is 0 Å². The van der Waals surface area contributed by atoms with Crippen LogP contribution in [0, 0.1) is 5.92 Å². The second kappa shape index (κ2) is 9.13. The fourth-order valence-electron chi connectivity index (χ4n) is 3.21. The van der Waals surface area contributed by atoms with Gasteiger partial charge in [-0.05, 0) is 19.4 Å². The van der Waals surface area contributed by atoms with Crippen molar-refractivity contribution in [2.75, 3.05) is 13.2 Å². The van der Waals surface area contributed by atoms with Crippen molar-refractivity contribution in [2.45, 2.75) is 20.3 Å². The maximum atomic E-state index is 12.7. The molecule has 0 aliphatic carbocycles. The van der Waals surface area contributed by atoms with Gasteiger partial charge in [-0.1, -0.05) is 60.7 Å². The van der Waals surface area contributed by atoms with E-state index < -0.39 is 11.9 Å². The largest absolute Gasteiger partial charge is 0.465 e. The summed E-state index contributed by atoms with van der Waals surface area (Å²) in [5.41, 5.74) is 3.17. The van der Waals surface area contributed by atoms with Crippen molar-refractivity contribution in [1.29, 1.82) is 0 Å². The van der Waals surface area contributed by atoms with Crippen molar-refractivity contribution < 1.29 is 19.1 Å². The summed E-state index contributed by atoms with van der Waals surface area (Å²) in [5, 5.41) is 0. The van der Waals surface area contributed by atoms with Gasteiger partial charge in [0.2, 0.25) is 0 Å². The molecule has 1 unspecified atom stereocenters. The van der Waals surface area contributed by atoms with Gasteiger partial charge < -0.3 is 9.47 Å². The van der Waals surface area contributed by atoms with Gasteiger partial charge in [-0.15, -0.1) is 0 Å². The molecule has 5 heteroatoms. The Kier molecular flexibility index (Phi) is 6.37.